The number of benzene rings is 1. The number of hydrogen-bond donors (Lipinski definition) is 2. The summed E-state index contributed by atoms with van der Waals surface area (Å²) in [6, 6.07) is 8.52. The van der Waals surface area contributed by atoms with Gasteiger partial charge in [-0.1, -0.05) is 0 Å². The molecule has 0 saturated heterocycles. The van der Waals surface area contributed by atoms with Crippen LogP contribution < -0.4 is 10.6 Å². The van der Waals surface area contributed by atoms with Crippen LogP contribution in [0.4, 0.5) is 5.69 Å². The molecule has 0 spiro atoms. The lowest BCUT2D eigenvalue weighted by Crippen LogP contribution is -2.30. The average Bonchev–Trinajstić information content (AvgIpc) is 3.10. The highest BCUT2D eigenvalue weighted by atomic mass is 32.1. The molecule has 2 amide bonds. The highest BCUT2D eigenvalue weighted by Gasteiger charge is 2.17. The van der Waals surface area contributed by atoms with Gasteiger partial charge in [0.05, 0.1) is 12.0 Å². The molecular weight excluding hydrogens is 352 g/mol. The molecule has 1 heterocycles. The van der Waals surface area contributed by atoms with Gasteiger partial charge in [0.25, 0.3) is 11.8 Å². The van der Waals surface area contributed by atoms with E-state index in [0.717, 1.165) is 17.7 Å². The Kier molecular flexibility index (Phi) is 5.68. The number of thiophene rings is 1. The van der Waals surface area contributed by atoms with Crippen molar-refractivity contribution in [2.24, 2.45) is 0 Å². The number of carbonyl (C=O) groups excluding carboxylic acids is 3. The Balaban J connectivity index is 1.60. The number of fused-ring (bicyclic) bond motifs is 1. The van der Waals surface area contributed by atoms with Crippen LogP contribution in [-0.2, 0) is 22.4 Å². The summed E-state index contributed by atoms with van der Waals surface area (Å²) in [5.41, 5.74) is 2.31. The van der Waals surface area contributed by atoms with Gasteiger partial charge in [0.15, 0.2) is 0 Å². The van der Waals surface area contributed by atoms with Gasteiger partial charge in [0.1, 0.15) is 6.54 Å². The van der Waals surface area contributed by atoms with Crippen LogP contribution in [-0.4, -0.2) is 31.4 Å². The monoisotopic (exact) mass is 372 g/mol. The first kappa shape index (κ1) is 18.1. The molecule has 0 bridgehead atoms. The van der Waals surface area contributed by atoms with Crippen molar-refractivity contribution in [2.45, 2.75) is 25.7 Å². The molecule has 6 nitrogen and oxygen atoms in total. The van der Waals surface area contributed by atoms with Crippen LogP contribution in [0, 0.1) is 0 Å². The van der Waals surface area contributed by atoms with E-state index in [0.29, 0.717) is 11.3 Å². The average molecular weight is 372 g/mol. The van der Waals surface area contributed by atoms with E-state index < -0.39 is 5.97 Å². The minimum Gasteiger partial charge on any atom is -0.468 e. The predicted molar refractivity (Wildman–Crippen MR) is 99.7 cm³/mol. The van der Waals surface area contributed by atoms with Crippen molar-refractivity contribution in [3.05, 3.63) is 51.2 Å². The SMILES string of the molecule is COC(=O)CNC(=O)c1ccc(NC(=O)c2cc3c(s2)CCCC3)cc1. The molecule has 2 aromatic rings. The second-order valence-electron chi connectivity index (χ2n) is 6.06. The Labute approximate surface area is 155 Å². The second-order valence-corrected chi connectivity index (χ2v) is 7.19. The van der Waals surface area contributed by atoms with Gasteiger partial charge in [-0.2, -0.15) is 0 Å². The zero-order valence-electron chi connectivity index (χ0n) is 14.5. The fourth-order valence-corrected chi connectivity index (χ4v) is 3.98. The van der Waals surface area contributed by atoms with Gasteiger partial charge >= 0.3 is 5.97 Å². The minimum absolute atomic E-state index is 0.132. The molecule has 0 saturated carbocycles. The molecule has 3 rings (SSSR count). The maximum absolute atomic E-state index is 12.4. The van der Waals surface area contributed by atoms with Gasteiger partial charge in [-0.15, -0.1) is 11.3 Å². The smallest absolute Gasteiger partial charge is 0.325 e. The van der Waals surface area contributed by atoms with Gasteiger partial charge in [-0.05, 0) is 61.6 Å². The molecule has 0 radical (unpaired) electrons. The molecule has 0 atom stereocenters. The van der Waals surface area contributed by atoms with Crippen molar-refractivity contribution in [3.63, 3.8) is 0 Å². The van der Waals surface area contributed by atoms with E-state index in [9.17, 15) is 14.4 Å². The van der Waals surface area contributed by atoms with Crippen LogP contribution >= 0.6 is 11.3 Å². The standard InChI is InChI=1S/C19H20N2O4S/c1-25-17(22)11-20-18(23)12-6-8-14(9-7-12)21-19(24)16-10-13-4-2-3-5-15(13)26-16/h6-10H,2-5,11H2,1H3,(H,20,23)(H,21,24). The highest BCUT2D eigenvalue weighted by Crippen LogP contribution is 2.30. The van der Waals surface area contributed by atoms with Crippen molar-refractivity contribution in [3.8, 4) is 0 Å². The van der Waals surface area contributed by atoms with Crippen LogP contribution in [0.5, 0.6) is 0 Å². The Morgan fingerprint density at radius 3 is 2.50 bits per heavy atom. The molecule has 0 unspecified atom stereocenters. The molecule has 7 heteroatoms. The molecule has 1 aromatic carbocycles. The lowest BCUT2D eigenvalue weighted by atomic mass is 9.99. The zero-order valence-corrected chi connectivity index (χ0v) is 15.3. The Bertz CT molecular complexity index is 803. The van der Waals surface area contributed by atoms with E-state index >= 15 is 0 Å². The van der Waals surface area contributed by atoms with E-state index in [1.54, 1.807) is 35.6 Å². The minimum atomic E-state index is -0.513. The Morgan fingerprint density at radius 1 is 1.08 bits per heavy atom. The Morgan fingerprint density at radius 2 is 1.81 bits per heavy atom. The third-order valence-corrected chi connectivity index (χ3v) is 5.48. The summed E-state index contributed by atoms with van der Waals surface area (Å²) in [6.07, 6.45) is 4.48. The first-order chi connectivity index (χ1) is 12.6. The number of carbonyl (C=O) groups is 3. The van der Waals surface area contributed by atoms with E-state index in [2.05, 4.69) is 15.4 Å². The topological polar surface area (TPSA) is 84.5 Å². The molecule has 1 aliphatic carbocycles. The van der Waals surface area contributed by atoms with Crippen LogP contribution in [0.3, 0.4) is 0 Å². The fourth-order valence-electron chi connectivity index (χ4n) is 2.83. The first-order valence-electron chi connectivity index (χ1n) is 8.45. The van der Waals surface area contributed by atoms with Crippen molar-refractivity contribution < 1.29 is 19.1 Å². The third kappa shape index (κ3) is 4.29. The molecule has 0 aliphatic heterocycles. The fraction of sp³-hybridized carbons (Fsp3) is 0.316. The molecule has 136 valence electrons. The van der Waals surface area contributed by atoms with Crippen molar-refractivity contribution in [1.82, 2.24) is 5.32 Å². The van der Waals surface area contributed by atoms with Gasteiger partial charge < -0.3 is 15.4 Å². The third-order valence-electron chi connectivity index (χ3n) is 4.25. The van der Waals surface area contributed by atoms with Gasteiger partial charge in [0, 0.05) is 16.1 Å². The Hall–Kier alpha value is -2.67. The van der Waals surface area contributed by atoms with E-state index in [-0.39, 0.29) is 18.4 Å². The number of ether oxygens (including phenoxy) is 1. The van der Waals surface area contributed by atoms with Crippen molar-refractivity contribution in [2.75, 3.05) is 19.0 Å². The summed E-state index contributed by atoms with van der Waals surface area (Å²) in [7, 11) is 1.26. The molecule has 0 fully saturated rings. The molecule has 26 heavy (non-hydrogen) atoms. The quantitative estimate of drug-likeness (QED) is 0.791. The number of anilines is 1. The van der Waals surface area contributed by atoms with Gasteiger partial charge in [0.2, 0.25) is 0 Å². The largest absolute Gasteiger partial charge is 0.468 e. The van der Waals surface area contributed by atoms with Gasteiger partial charge in [-0.25, -0.2) is 0 Å². The summed E-state index contributed by atoms with van der Waals surface area (Å²) in [5, 5.41) is 5.32. The lowest BCUT2D eigenvalue weighted by Gasteiger charge is -2.08. The lowest BCUT2D eigenvalue weighted by molar-refractivity contribution is -0.139. The number of nitrogens with one attached hydrogen (secondary N) is 2. The number of methoxy groups -OCH3 is 1. The van der Waals surface area contributed by atoms with Crippen LogP contribution in [0.15, 0.2) is 30.3 Å². The van der Waals surface area contributed by atoms with E-state index in [4.69, 9.17) is 0 Å². The highest BCUT2D eigenvalue weighted by molar-refractivity contribution is 7.14. The van der Waals surface area contributed by atoms with Crippen LogP contribution in [0.2, 0.25) is 0 Å². The van der Waals surface area contributed by atoms with Crippen molar-refractivity contribution >= 4 is 34.8 Å². The second kappa shape index (κ2) is 8.14. The van der Waals surface area contributed by atoms with Crippen LogP contribution in [0.25, 0.3) is 0 Å². The summed E-state index contributed by atoms with van der Waals surface area (Å²) in [4.78, 5) is 37.4. The maximum Gasteiger partial charge on any atom is 0.325 e. The summed E-state index contributed by atoms with van der Waals surface area (Å²) in [6.45, 7) is -0.184. The molecule has 1 aliphatic rings. The number of aryl methyl sites for hydroxylation is 2. The van der Waals surface area contributed by atoms with E-state index in [1.807, 2.05) is 6.07 Å². The molecule has 1 aromatic heterocycles. The molecular formula is C19H20N2O4S. The van der Waals surface area contributed by atoms with Crippen LogP contribution in [0.1, 0.15) is 43.3 Å². The zero-order chi connectivity index (χ0) is 18.5. The predicted octanol–water partition coefficient (Wildman–Crippen LogP) is 2.78. The number of rotatable bonds is 5. The molecule has 2 N–H and O–H groups in total. The number of hydrogen-bond acceptors (Lipinski definition) is 5. The first-order valence-corrected chi connectivity index (χ1v) is 9.26. The normalized spacial score (nSPS) is 12.8. The van der Waals surface area contributed by atoms with E-state index in [1.165, 1.54) is 30.4 Å². The maximum atomic E-state index is 12.4. The van der Waals surface area contributed by atoms with Gasteiger partial charge in [-0.3, -0.25) is 14.4 Å². The van der Waals surface area contributed by atoms with Crippen molar-refractivity contribution in [1.29, 1.82) is 0 Å². The summed E-state index contributed by atoms with van der Waals surface area (Å²) in [5.74, 6) is -1.02. The number of esters is 1. The number of amides is 2. The summed E-state index contributed by atoms with van der Waals surface area (Å²) >= 11 is 1.56. The summed E-state index contributed by atoms with van der Waals surface area (Å²) < 4.78 is 4.47.